The van der Waals surface area contributed by atoms with Crippen molar-refractivity contribution in [3.63, 3.8) is 0 Å². The number of hydrazone groups is 1. The number of halogens is 1. The lowest BCUT2D eigenvalue weighted by Gasteiger charge is -2.22. The van der Waals surface area contributed by atoms with E-state index >= 15 is 0 Å². The number of furan rings is 1. The van der Waals surface area contributed by atoms with Gasteiger partial charge < -0.3 is 9.15 Å². The van der Waals surface area contributed by atoms with Crippen LogP contribution in [0.3, 0.4) is 0 Å². The number of amides is 1. The fourth-order valence-electron chi connectivity index (χ4n) is 3.23. The first-order valence-electron chi connectivity index (χ1n) is 9.02. The van der Waals surface area contributed by atoms with Crippen LogP contribution in [0.1, 0.15) is 38.4 Å². The molecule has 0 N–H and O–H groups in total. The maximum absolute atomic E-state index is 13.3. The molecule has 2 heterocycles. The Labute approximate surface area is 172 Å². The summed E-state index contributed by atoms with van der Waals surface area (Å²) in [6, 6.07) is 15.3. The minimum Gasteiger partial charge on any atom is -0.496 e. The molecule has 1 aliphatic heterocycles. The van der Waals surface area contributed by atoms with E-state index in [0.717, 1.165) is 11.1 Å². The molecular weight excluding hydrogens is 391 g/mol. The zero-order valence-electron chi connectivity index (χ0n) is 16.2. The van der Waals surface area contributed by atoms with Crippen LogP contribution < -0.4 is 4.74 Å². The first-order valence-corrected chi connectivity index (χ1v) is 9.90. The van der Waals surface area contributed by atoms with Crippen molar-refractivity contribution in [1.82, 2.24) is 5.01 Å². The van der Waals surface area contributed by atoms with Crippen molar-refractivity contribution in [3.05, 3.63) is 88.6 Å². The smallest absolute Gasteiger partial charge is 0.278 e. The summed E-state index contributed by atoms with van der Waals surface area (Å²) in [5, 5.41) is 6.24. The quantitative estimate of drug-likeness (QED) is 0.586. The van der Waals surface area contributed by atoms with Crippen molar-refractivity contribution in [1.29, 1.82) is 0 Å². The van der Waals surface area contributed by atoms with Gasteiger partial charge >= 0.3 is 0 Å². The van der Waals surface area contributed by atoms with Gasteiger partial charge in [0.25, 0.3) is 5.91 Å². The molecule has 1 unspecified atom stereocenters. The Morgan fingerprint density at radius 3 is 2.55 bits per heavy atom. The summed E-state index contributed by atoms with van der Waals surface area (Å²) in [6.45, 7) is 3.56. The number of hydrogen-bond donors (Lipinski definition) is 0. The molecule has 4 rings (SSSR count). The van der Waals surface area contributed by atoms with Gasteiger partial charge in [-0.25, -0.2) is 9.40 Å². The number of aryl methyl sites for hydroxylation is 2. The Morgan fingerprint density at radius 1 is 1.17 bits per heavy atom. The van der Waals surface area contributed by atoms with Gasteiger partial charge in [-0.1, -0.05) is 30.0 Å². The van der Waals surface area contributed by atoms with Crippen LogP contribution in [0.25, 0.3) is 0 Å². The Balaban J connectivity index is 1.78. The number of thioether (sulfide) groups is 1. The van der Waals surface area contributed by atoms with Gasteiger partial charge in [-0.15, -0.1) is 0 Å². The number of para-hydroxylation sites is 1. The standard InChI is InChI=1S/C22H19FN2O3S/c1-13-12-18(14(2)28-13)21(26)25-22(17-6-4-5-7-19(17)27-3)29-20(24-25)15-8-10-16(23)11-9-15/h4-12,22H,1-3H3. The van der Waals surface area contributed by atoms with E-state index in [9.17, 15) is 9.18 Å². The largest absolute Gasteiger partial charge is 0.496 e. The van der Waals surface area contributed by atoms with Crippen LogP contribution in [0, 0.1) is 19.7 Å². The zero-order chi connectivity index (χ0) is 20.5. The Morgan fingerprint density at radius 2 is 1.90 bits per heavy atom. The molecule has 0 saturated heterocycles. The summed E-state index contributed by atoms with van der Waals surface area (Å²) < 4.78 is 24.4. The van der Waals surface area contributed by atoms with Crippen LogP contribution in [0.15, 0.2) is 64.1 Å². The van der Waals surface area contributed by atoms with E-state index in [0.29, 0.717) is 27.9 Å². The number of benzene rings is 2. The molecule has 1 atom stereocenters. The number of rotatable bonds is 4. The SMILES string of the molecule is COc1ccccc1C1SC(c2ccc(F)cc2)=NN1C(=O)c1cc(C)oc1C. The molecule has 0 saturated carbocycles. The van der Waals surface area contributed by atoms with Gasteiger partial charge in [-0.3, -0.25) is 4.79 Å². The van der Waals surface area contributed by atoms with Crippen molar-refractivity contribution in [2.45, 2.75) is 19.2 Å². The highest BCUT2D eigenvalue weighted by Gasteiger charge is 2.37. The van der Waals surface area contributed by atoms with Gasteiger partial charge in [-0.05, 0) is 50.2 Å². The van der Waals surface area contributed by atoms with E-state index in [-0.39, 0.29) is 11.7 Å². The topological polar surface area (TPSA) is 55.0 Å². The highest BCUT2D eigenvalue weighted by molar-refractivity contribution is 8.14. The normalized spacial score (nSPS) is 16.1. The third-order valence-electron chi connectivity index (χ3n) is 4.62. The summed E-state index contributed by atoms with van der Waals surface area (Å²) in [6.07, 6.45) is 0. The minimum atomic E-state index is -0.423. The van der Waals surface area contributed by atoms with Crippen molar-refractivity contribution in [2.24, 2.45) is 5.10 Å². The molecule has 2 aromatic carbocycles. The molecular formula is C22H19FN2O3S. The molecule has 29 heavy (non-hydrogen) atoms. The number of carbonyl (C=O) groups is 1. The molecule has 0 aliphatic carbocycles. The Kier molecular flexibility index (Phi) is 5.15. The molecule has 0 fully saturated rings. The maximum Gasteiger partial charge on any atom is 0.278 e. The van der Waals surface area contributed by atoms with Gasteiger partial charge in [0.1, 0.15) is 33.5 Å². The average Bonchev–Trinajstić information content (AvgIpc) is 3.31. The molecule has 3 aromatic rings. The van der Waals surface area contributed by atoms with E-state index in [1.807, 2.05) is 24.3 Å². The van der Waals surface area contributed by atoms with Crippen molar-refractivity contribution >= 4 is 22.7 Å². The third-order valence-corrected chi connectivity index (χ3v) is 5.84. The maximum atomic E-state index is 13.3. The van der Waals surface area contributed by atoms with Gasteiger partial charge in [0.15, 0.2) is 0 Å². The van der Waals surface area contributed by atoms with Crippen LogP contribution in [-0.4, -0.2) is 23.1 Å². The van der Waals surface area contributed by atoms with Crippen LogP contribution in [-0.2, 0) is 0 Å². The highest BCUT2D eigenvalue weighted by atomic mass is 32.2. The Hall–Kier alpha value is -3.06. The van der Waals surface area contributed by atoms with Crippen LogP contribution >= 0.6 is 11.8 Å². The lowest BCUT2D eigenvalue weighted by Crippen LogP contribution is -2.26. The van der Waals surface area contributed by atoms with E-state index in [1.54, 1.807) is 39.2 Å². The van der Waals surface area contributed by atoms with Crippen LogP contribution in [0.5, 0.6) is 5.75 Å². The fourth-order valence-corrected chi connectivity index (χ4v) is 4.42. The zero-order valence-corrected chi connectivity index (χ0v) is 17.0. The molecule has 1 aromatic heterocycles. The second-order valence-electron chi connectivity index (χ2n) is 6.60. The monoisotopic (exact) mass is 410 g/mol. The number of nitrogens with zero attached hydrogens (tertiary/aromatic N) is 2. The van der Waals surface area contributed by atoms with Gasteiger partial charge in [-0.2, -0.15) is 5.10 Å². The van der Waals surface area contributed by atoms with E-state index in [2.05, 4.69) is 5.10 Å². The molecule has 1 aliphatic rings. The van der Waals surface area contributed by atoms with E-state index in [1.165, 1.54) is 28.9 Å². The van der Waals surface area contributed by atoms with Gasteiger partial charge in [0.05, 0.1) is 12.7 Å². The second kappa shape index (κ2) is 7.75. The molecule has 5 nitrogen and oxygen atoms in total. The fraction of sp³-hybridized carbons (Fsp3) is 0.182. The molecule has 0 bridgehead atoms. The summed E-state index contributed by atoms with van der Waals surface area (Å²) >= 11 is 1.42. The predicted molar refractivity (Wildman–Crippen MR) is 111 cm³/mol. The minimum absolute atomic E-state index is 0.264. The van der Waals surface area contributed by atoms with Gasteiger partial charge in [0.2, 0.25) is 0 Å². The molecule has 148 valence electrons. The summed E-state index contributed by atoms with van der Waals surface area (Å²) in [4.78, 5) is 13.3. The number of ether oxygens (including phenoxy) is 1. The summed E-state index contributed by atoms with van der Waals surface area (Å²) in [5.74, 6) is 1.28. The third kappa shape index (κ3) is 3.65. The lowest BCUT2D eigenvalue weighted by atomic mass is 10.1. The first kappa shape index (κ1) is 19.3. The van der Waals surface area contributed by atoms with E-state index in [4.69, 9.17) is 9.15 Å². The van der Waals surface area contributed by atoms with E-state index < -0.39 is 5.37 Å². The summed E-state index contributed by atoms with van der Waals surface area (Å²) in [7, 11) is 1.59. The van der Waals surface area contributed by atoms with Gasteiger partial charge in [0, 0.05) is 11.1 Å². The predicted octanol–water partition coefficient (Wildman–Crippen LogP) is 5.29. The lowest BCUT2D eigenvalue weighted by molar-refractivity contribution is 0.0746. The van der Waals surface area contributed by atoms with Crippen LogP contribution in [0.2, 0.25) is 0 Å². The van der Waals surface area contributed by atoms with Crippen molar-refractivity contribution in [2.75, 3.05) is 7.11 Å². The summed E-state index contributed by atoms with van der Waals surface area (Å²) in [5.41, 5.74) is 2.03. The van der Waals surface area contributed by atoms with Crippen LogP contribution in [0.4, 0.5) is 4.39 Å². The molecule has 0 radical (unpaired) electrons. The Bertz CT molecular complexity index is 1090. The number of methoxy groups -OCH3 is 1. The average molecular weight is 410 g/mol. The van der Waals surface area contributed by atoms with Crippen molar-refractivity contribution in [3.8, 4) is 5.75 Å². The number of hydrogen-bond acceptors (Lipinski definition) is 5. The number of carbonyl (C=O) groups excluding carboxylic acids is 1. The molecule has 0 spiro atoms. The highest BCUT2D eigenvalue weighted by Crippen LogP contribution is 2.45. The first-order chi connectivity index (χ1) is 14.0. The second-order valence-corrected chi connectivity index (χ2v) is 7.67. The van der Waals surface area contributed by atoms with Crippen molar-refractivity contribution < 1.29 is 18.3 Å². The molecule has 7 heteroatoms. The molecule has 1 amide bonds.